The second-order valence-electron chi connectivity index (χ2n) is 6.70. The Morgan fingerprint density at radius 2 is 1.97 bits per heavy atom. The smallest absolute Gasteiger partial charge is 0.253 e. The minimum atomic E-state index is -1.10. The van der Waals surface area contributed by atoms with Gasteiger partial charge in [-0.15, -0.1) is 0 Å². The van der Waals surface area contributed by atoms with E-state index in [4.69, 9.17) is 4.74 Å². The van der Waals surface area contributed by atoms with Gasteiger partial charge in [-0.05, 0) is 75.3 Å². The molecule has 0 bridgehead atoms. The second-order valence-corrected chi connectivity index (χ2v) is 8.80. The number of nitrogens with zero attached hydrogens (tertiary/aromatic N) is 1. The lowest BCUT2D eigenvalue weighted by molar-refractivity contribution is 0.0383. The number of halogens is 4. The highest BCUT2D eigenvalue weighted by Crippen LogP contribution is 2.32. The Bertz CT molecular complexity index is 908. The number of aryl methyl sites for hydroxylation is 1. The van der Waals surface area contributed by atoms with E-state index < -0.39 is 17.5 Å². The third-order valence-corrected chi connectivity index (χ3v) is 5.92. The van der Waals surface area contributed by atoms with Crippen molar-refractivity contribution < 1.29 is 18.3 Å². The third-order valence-electron chi connectivity index (χ3n) is 4.67. The zero-order valence-corrected chi connectivity index (χ0v) is 19.6. The average Bonchev–Trinajstić information content (AvgIpc) is 2.70. The van der Waals surface area contributed by atoms with Crippen molar-refractivity contribution in [1.82, 2.24) is 10.2 Å². The third kappa shape index (κ3) is 5.65. The molecule has 2 aromatic rings. The fraction of sp³-hybridized carbons (Fsp3) is 0.350. The van der Waals surface area contributed by atoms with Crippen molar-refractivity contribution in [2.24, 2.45) is 0 Å². The maximum absolute atomic E-state index is 14.7. The number of rotatable bonds is 6. The number of hydrogen-bond acceptors (Lipinski definition) is 4. The lowest BCUT2D eigenvalue weighted by Gasteiger charge is -2.26. The quantitative estimate of drug-likeness (QED) is 0.392. The monoisotopic (exact) mass is 579 g/mol. The molecule has 3 rings (SSSR count). The Kier molecular flexibility index (Phi) is 7.83. The van der Waals surface area contributed by atoms with Crippen LogP contribution in [-0.2, 0) is 4.74 Å². The first-order chi connectivity index (χ1) is 13.9. The van der Waals surface area contributed by atoms with Gasteiger partial charge in [-0.3, -0.25) is 9.69 Å². The van der Waals surface area contributed by atoms with Crippen LogP contribution in [0.5, 0.6) is 0 Å². The average molecular weight is 580 g/mol. The number of carbonyl (C=O) groups is 1. The molecule has 1 saturated heterocycles. The maximum Gasteiger partial charge on any atom is 0.253 e. The molecule has 1 heterocycles. The largest absolute Gasteiger partial charge is 0.379 e. The molecule has 2 aromatic carbocycles. The van der Waals surface area contributed by atoms with Crippen molar-refractivity contribution in [3.8, 4) is 0 Å². The van der Waals surface area contributed by atoms with Crippen LogP contribution in [-0.4, -0.2) is 50.2 Å². The van der Waals surface area contributed by atoms with Crippen LogP contribution >= 0.6 is 38.5 Å². The predicted octanol–water partition coefficient (Wildman–Crippen LogP) is 4.45. The van der Waals surface area contributed by atoms with Gasteiger partial charge in [0, 0.05) is 35.4 Å². The van der Waals surface area contributed by atoms with Crippen molar-refractivity contribution in [2.45, 2.75) is 6.92 Å². The first kappa shape index (κ1) is 22.4. The van der Waals surface area contributed by atoms with E-state index in [-0.39, 0.29) is 15.7 Å². The fourth-order valence-corrected chi connectivity index (χ4v) is 4.10. The van der Waals surface area contributed by atoms with Crippen LogP contribution < -0.4 is 10.6 Å². The highest BCUT2D eigenvalue weighted by atomic mass is 127. The molecule has 0 aromatic heterocycles. The van der Waals surface area contributed by atoms with Crippen molar-refractivity contribution in [1.29, 1.82) is 0 Å². The molecular weight excluding hydrogens is 559 g/mol. The van der Waals surface area contributed by atoms with Gasteiger partial charge < -0.3 is 15.4 Å². The van der Waals surface area contributed by atoms with Crippen molar-refractivity contribution in [3.63, 3.8) is 0 Å². The van der Waals surface area contributed by atoms with Crippen molar-refractivity contribution in [2.75, 3.05) is 44.7 Å². The number of benzene rings is 2. The molecule has 0 unspecified atom stereocenters. The summed E-state index contributed by atoms with van der Waals surface area (Å²) in [5.74, 6) is -2.61. The number of morpholine rings is 1. The first-order valence-electron chi connectivity index (χ1n) is 9.16. The summed E-state index contributed by atoms with van der Waals surface area (Å²) in [6, 6.07) is 6.84. The number of hydrogen-bond donors (Lipinski definition) is 2. The molecule has 0 aliphatic carbocycles. The number of amides is 1. The lowest BCUT2D eigenvalue weighted by atomic mass is 10.1. The van der Waals surface area contributed by atoms with E-state index in [0.717, 1.165) is 22.2 Å². The van der Waals surface area contributed by atoms with Crippen LogP contribution in [0.4, 0.5) is 20.2 Å². The molecule has 156 valence electrons. The van der Waals surface area contributed by atoms with Crippen molar-refractivity contribution in [3.05, 3.63) is 55.1 Å². The molecule has 1 aliphatic heterocycles. The first-order valence-corrected chi connectivity index (χ1v) is 11.0. The van der Waals surface area contributed by atoms with E-state index in [1.807, 2.05) is 19.1 Å². The minimum Gasteiger partial charge on any atom is -0.379 e. The number of carbonyl (C=O) groups excluding carboxylic acids is 1. The van der Waals surface area contributed by atoms with Gasteiger partial charge in [-0.1, -0.05) is 0 Å². The molecule has 1 amide bonds. The Hall–Kier alpha value is -1.30. The maximum atomic E-state index is 14.7. The topological polar surface area (TPSA) is 53.6 Å². The zero-order chi connectivity index (χ0) is 21.0. The molecule has 1 fully saturated rings. The zero-order valence-electron chi connectivity index (χ0n) is 15.8. The number of anilines is 2. The fourth-order valence-electron chi connectivity index (χ4n) is 3.05. The second kappa shape index (κ2) is 10.1. The van der Waals surface area contributed by atoms with E-state index in [0.29, 0.717) is 32.0 Å². The van der Waals surface area contributed by atoms with Crippen LogP contribution in [0.15, 0.2) is 28.7 Å². The van der Waals surface area contributed by atoms with Gasteiger partial charge in [0.15, 0.2) is 11.6 Å². The minimum absolute atomic E-state index is 0.0377. The molecule has 29 heavy (non-hydrogen) atoms. The van der Waals surface area contributed by atoms with E-state index >= 15 is 0 Å². The molecule has 1 aliphatic rings. The normalized spacial score (nSPS) is 14.7. The predicted molar refractivity (Wildman–Crippen MR) is 121 cm³/mol. The van der Waals surface area contributed by atoms with Crippen molar-refractivity contribution >= 4 is 55.8 Å². The van der Waals surface area contributed by atoms with E-state index in [2.05, 4.69) is 54.1 Å². The standard InChI is InChI=1S/C20H21BrF2IN3O2/c1-12-10-13(24)2-3-16(12)26-19-14(11-15(21)17(22)18(19)23)20(28)25-4-5-27-6-8-29-9-7-27/h2-3,10-11,26H,4-9H2,1H3,(H,25,28). The number of ether oxygens (including phenoxy) is 1. The summed E-state index contributed by atoms with van der Waals surface area (Å²) in [6.07, 6.45) is 0. The molecular formula is C20H21BrF2IN3O2. The Balaban J connectivity index is 1.80. The van der Waals surface area contributed by atoms with Gasteiger partial charge >= 0.3 is 0 Å². The van der Waals surface area contributed by atoms with Crippen LogP contribution in [0, 0.1) is 22.1 Å². The van der Waals surface area contributed by atoms with Crippen LogP contribution in [0.3, 0.4) is 0 Å². The molecule has 0 atom stereocenters. The highest BCUT2D eigenvalue weighted by Gasteiger charge is 2.22. The molecule has 9 heteroatoms. The summed E-state index contributed by atoms with van der Waals surface area (Å²) < 4.78 is 35.1. The van der Waals surface area contributed by atoms with Gasteiger partial charge in [0.05, 0.1) is 28.9 Å². The summed E-state index contributed by atoms with van der Waals surface area (Å²) in [5.41, 5.74) is 1.32. The van der Waals surface area contributed by atoms with E-state index in [9.17, 15) is 13.6 Å². The van der Waals surface area contributed by atoms with Crippen LogP contribution in [0.25, 0.3) is 0 Å². The SMILES string of the molecule is Cc1cc(I)ccc1Nc1c(C(=O)NCCN2CCOCC2)cc(Br)c(F)c1F. The van der Waals surface area contributed by atoms with Gasteiger partial charge in [0.1, 0.15) is 0 Å². The van der Waals surface area contributed by atoms with E-state index in [1.54, 1.807) is 6.07 Å². The van der Waals surface area contributed by atoms with Crippen LogP contribution in [0.1, 0.15) is 15.9 Å². The lowest BCUT2D eigenvalue weighted by Crippen LogP contribution is -2.41. The molecule has 5 nitrogen and oxygen atoms in total. The van der Waals surface area contributed by atoms with Gasteiger partial charge in [-0.25, -0.2) is 8.78 Å². The molecule has 0 saturated carbocycles. The van der Waals surface area contributed by atoms with Crippen LogP contribution in [0.2, 0.25) is 0 Å². The van der Waals surface area contributed by atoms with E-state index in [1.165, 1.54) is 6.07 Å². The molecule has 0 spiro atoms. The molecule has 0 radical (unpaired) electrons. The van der Waals surface area contributed by atoms with Gasteiger partial charge in [0.2, 0.25) is 0 Å². The Labute approximate surface area is 190 Å². The highest BCUT2D eigenvalue weighted by molar-refractivity contribution is 14.1. The molecule has 2 N–H and O–H groups in total. The van der Waals surface area contributed by atoms with Gasteiger partial charge in [-0.2, -0.15) is 0 Å². The summed E-state index contributed by atoms with van der Waals surface area (Å²) in [5, 5.41) is 5.70. The summed E-state index contributed by atoms with van der Waals surface area (Å²) >= 11 is 5.17. The van der Waals surface area contributed by atoms with Gasteiger partial charge in [0.25, 0.3) is 5.91 Å². The number of nitrogens with one attached hydrogen (secondary N) is 2. The Morgan fingerprint density at radius 3 is 2.66 bits per heavy atom. The summed E-state index contributed by atoms with van der Waals surface area (Å²) in [6.45, 7) is 5.90. The summed E-state index contributed by atoms with van der Waals surface area (Å²) in [4.78, 5) is 14.9. The Morgan fingerprint density at radius 1 is 1.24 bits per heavy atom. The summed E-state index contributed by atoms with van der Waals surface area (Å²) in [7, 11) is 0.